The van der Waals surface area contributed by atoms with E-state index in [-0.39, 0.29) is 0 Å². The van der Waals surface area contributed by atoms with Crippen molar-refractivity contribution in [2.75, 3.05) is 19.0 Å². The molecule has 3 aliphatic rings. The van der Waals surface area contributed by atoms with E-state index in [0.29, 0.717) is 17.1 Å². The number of halogens is 1. The zero-order valence-electron chi connectivity index (χ0n) is 11.3. The van der Waals surface area contributed by atoms with Crippen molar-refractivity contribution in [2.24, 2.45) is 5.41 Å². The largest absolute Gasteiger partial charge is 0.370 e. The molecule has 18 heavy (non-hydrogen) atoms. The van der Waals surface area contributed by atoms with Crippen LogP contribution in [0.5, 0.6) is 0 Å². The van der Waals surface area contributed by atoms with Gasteiger partial charge in [-0.3, -0.25) is 0 Å². The maximum absolute atomic E-state index is 6.32. The Balaban J connectivity index is 1.37. The summed E-state index contributed by atoms with van der Waals surface area (Å²) in [6.45, 7) is 2.19. The fourth-order valence-corrected chi connectivity index (χ4v) is 4.22. The lowest BCUT2D eigenvalue weighted by Gasteiger charge is -2.24. The molecule has 1 heterocycles. The number of hydrogen-bond acceptors (Lipinski definition) is 2. The maximum atomic E-state index is 6.32. The van der Waals surface area contributed by atoms with Crippen molar-refractivity contribution >= 4 is 11.6 Å². The van der Waals surface area contributed by atoms with Crippen LogP contribution >= 0.6 is 11.6 Å². The highest BCUT2D eigenvalue weighted by Gasteiger charge is 2.43. The van der Waals surface area contributed by atoms with Crippen molar-refractivity contribution in [2.45, 2.75) is 69.5 Å². The fraction of sp³-hybridized carbons (Fsp3) is 1.00. The van der Waals surface area contributed by atoms with Gasteiger partial charge in [-0.05, 0) is 50.4 Å². The van der Waals surface area contributed by atoms with Crippen LogP contribution in [0.3, 0.4) is 0 Å². The van der Waals surface area contributed by atoms with Crippen LogP contribution in [0.15, 0.2) is 0 Å². The summed E-state index contributed by atoms with van der Waals surface area (Å²) >= 11 is 5.86. The summed E-state index contributed by atoms with van der Waals surface area (Å²) in [5.41, 5.74) is 0.838. The van der Waals surface area contributed by atoms with Crippen LogP contribution in [0.4, 0.5) is 0 Å². The number of hydrogen-bond donors (Lipinski definition) is 1. The van der Waals surface area contributed by atoms with Gasteiger partial charge in [0, 0.05) is 19.0 Å². The molecule has 3 fully saturated rings. The van der Waals surface area contributed by atoms with Gasteiger partial charge in [-0.2, -0.15) is 0 Å². The van der Waals surface area contributed by atoms with Crippen LogP contribution in [-0.4, -0.2) is 30.7 Å². The third kappa shape index (κ3) is 2.86. The third-order valence-corrected chi connectivity index (χ3v) is 5.50. The van der Waals surface area contributed by atoms with E-state index in [1.165, 1.54) is 57.8 Å². The monoisotopic (exact) mass is 271 g/mol. The lowest BCUT2D eigenvalue weighted by molar-refractivity contribution is -0.0353. The van der Waals surface area contributed by atoms with Gasteiger partial charge in [0.2, 0.25) is 0 Å². The molecule has 3 rings (SSSR count). The van der Waals surface area contributed by atoms with E-state index in [1.54, 1.807) is 0 Å². The van der Waals surface area contributed by atoms with Crippen LogP contribution in [0.2, 0.25) is 0 Å². The standard InChI is InChI=1S/C15H26ClNO/c16-10-9-14(7-8-14)12-17-11-13-3-6-15(18-13)4-1-2-5-15/h13,17H,1-12H2. The molecule has 1 saturated heterocycles. The Morgan fingerprint density at radius 2 is 1.89 bits per heavy atom. The number of rotatable bonds is 6. The van der Waals surface area contributed by atoms with E-state index in [4.69, 9.17) is 16.3 Å². The smallest absolute Gasteiger partial charge is 0.0708 e. The lowest BCUT2D eigenvalue weighted by atomic mass is 9.98. The molecule has 1 spiro atoms. The first kappa shape index (κ1) is 13.2. The molecule has 2 aliphatic carbocycles. The molecule has 1 N–H and O–H groups in total. The number of nitrogens with one attached hydrogen (secondary N) is 1. The molecule has 1 unspecified atom stereocenters. The topological polar surface area (TPSA) is 21.3 Å². The van der Waals surface area contributed by atoms with Gasteiger partial charge < -0.3 is 10.1 Å². The van der Waals surface area contributed by atoms with Crippen LogP contribution < -0.4 is 5.32 Å². The molecular weight excluding hydrogens is 246 g/mol. The Morgan fingerprint density at radius 1 is 1.11 bits per heavy atom. The Kier molecular flexibility index (Phi) is 3.89. The van der Waals surface area contributed by atoms with E-state index in [2.05, 4.69) is 5.32 Å². The summed E-state index contributed by atoms with van der Waals surface area (Å²) < 4.78 is 6.32. The van der Waals surface area contributed by atoms with E-state index in [1.807, 2.05) is 0 Å². The molecule has 0 radical (unpaired) electrons. The van der Waals surface area contributed by atoms with E-state index < -0.39 is 0 Å². The van der Waals surface area contributed by atoms with Crippen molar-refractivity contribution < 1.29 is 4.74 Å². The van der Waals surface area contributed by atoms with Gasteiger partial charge >= 0.3 is 0 Å². The molecule has 3 heteroatoms. The van der Waals surface area contributed by atoms with Gasteiger partial charge in [-0.1, -0.05) is 12.8 Å². The van der Waals surface area contributed by atoms with Crippen molar-refractivity contribution in [3.05, 3.63) is 0 Å². The van der Waals surface area contributed by atoms with E-state index in [0.717, 1.165) is 19.0 Å². The highest BCUT2D eigenvalue weighted by atomic mass is 35.5. The van der Waals surface area contributed by atoms with Crippen molar-refractivity contribution in [1.82, 2.24) is 5.32 Å². The van der Waals surface area contributed by atoms with Crippen molar-refractivity contribution in [3.8, 4) is 0 Å². The van der Waals surface area contributed by atoms with E-state index >= 15 is 0 Å². The van der Waals surface area contributed by atoms with Crippen LogP contribution in [0, 0.1) is 5.41 Å². The highest BCUT2D eigenvalue weighted by molar-refractivity contribution is 6.17. The van der Waals surface area contributed by atoms with Crippen molar-refractivity contribution in [3.63, 3.8) is 0 Å². The predicted octanol–water partition coefficient (Wildman–Crippen LogP) is 3.48. The zero-order chi connectivity index (χ0) is 12.5. The normalized spacial score (nSPS) is 32.2. The number of alkyl halides is 1. The second-order valence-corrected chi connectivity index (χ2v) is 7.12. The lowest BCUT2D eigenvalue weighted by Crippen LogP contribution is -2.34. The van der Waals surface area contributed by atoms with Crippen LogP contribution in [-0.2, 0) is 4.74 Å². The van der Waals surface area contributed by atoms with Gasteiger partial charge in [0.15, 0.2) is 0 Å². The van der Waals surface area contributed by atoms with Gasteiger partial charge in [0.1, 0.15) is 0 Å². The molecule has 2 nitrogen and oxygen atoms in total. The SMILES string of the molecule is ClCCC1(CNCC2CCC3(CCCC3)O2)CC1. The highest BCUT2D eigenvalue weighted by Crippen LogP contribution is 2.48. The van der Waals surface area contributed by atoms with Crippen LogP contribution in [0.25, 0.3) is 0 Å². The second kappa shape index (κ2) is 5.30. The summed E-state index contributed by atoms with van der Waals surface area (Å²) in [7, 11) is 0. The fourth-order valence-electron chi connectivity index (χ4n) is 3.82. The van der Waals surface area contributed by atoms with Gasteiger partial charge in [-0.25, -0.2) is 0 Å². The van der Waals surface area contributed by atoms with E-state index in [9.17, 15) is 0 Å². The van der Waals surface area contributed by atoms with Gasteiger partial charge in [0.25, 0.3) is 0 Å². The molecule has 0 aromatic heterocycles. The maximum Gasteiger partial charge on any atom is 0.0708 e. The molecule has 104 valence electrons. The molecule has 0 aromatic rings. The molecular formula is C15H26ClNO. The molecule has 1 atom stereocenters. The average Bonchev–Trinajstić information content (AvgIpc) is 2.83. The van der Waals surface area contributed by atoms with Gasteiger partial charge in [0.05, 0.1) is 11.7 Å². The average molecular weight is 272 g/mol. The van der Waals surface area contributed by atoms with Crippen molar-refractivity contribution in [1.29, 1.82) is 0 Å². The minimum absolute atomic E-state index is 0.291. The minimum Gasteiger partial charge on any atom is -0.370 e. The molecule has 2 saturated carbocycles. The predicted molar refractivity (Wildman–Crippen MR) is 75.2 cm³/mol. The van der Waals surface area contributed by atoms with Crippen LogP contribution in [0.1, 0.15) is 57.8 Å². The third-order valence-electron chi connectivity index (χ3n) is 5.31. The first-order valence-corrected chi connectivity index (χ1v) is 8.24. The summed E-state index contributed by atoms with van der Waals surface area (Å²) in [5.74, 6) is 0.810. The Morgan fingerprint density at radius 3 is 2.56 bits per heavy atom. The minimum atomic E-state index is 0.291. The Bertz CT molecular complexity index is 284. The molecule has 0 amide bonds. The summed E-state index contributed by atoms with van der Waals surface area (Å²) in [6, 6.07) is 0. The summed E-state index contributed by atoms with van der Waals surface area (Å²) in [6.07, 6.45) is 12.3. The Hall–Kier alpha value is 0.210. The molecule has 1 aliphatic heterocycles. The first-order valence-electron chi connectivity index (χ1n) is 7.71. The second-order valence-electron chi connectivity index (χ2n) is 6.74. The summed E-state index contributed by atoms with van der Waals surface area (Å²) in [5, 5.41) is 3.64. The molecule has 0 bridgehead atoms. The first-order chi connectivity index (χ1) is 8.76. The Labute approximate surface area is 116 Å². The summed E-state index contributed by atoms with van der Waals surface area (Å²) in [4.78, 5) is 0. The zero-order valence-corrected chi connectivity index (χ0v) is 12.1. The van der Waals surface area contributed by atoms with Gasteiger partial charge in [-0.15, -0.1) is 11.6 Å². The number of ether oxygens (including phenoxy) is 1. The molecule has 0 aromatic carbocycles. The quantitative estimate of drug-likeness (QED) is 0.747.